The molecule has 0 saturated heterocycles. The molecule has 7 heteroatoms. The van der Waals surface area contributed by atoms with Crippen molar-refractivity contribution in [3.05, 3.63) is 44.9 Å². The van der Waals surface area contributed by atoms with Crippen molar-refractivity contribution in [3.63, 3.8) is 0 Å². The van der Waals surface area contributed by atoms with Gasteiger partial charge in [0, 0.05) is 0 Å². The minimum Gasteiger partial charge on any atom is -0.275 e. The van der Waals surface area contributed by atoms with Crippen LogP contribution < -0.4 is 4.74 Å². The van der Waals surface area contributed by atoms with Gasteiger partial charge in [-0.25, -0.2) is 8.42 Å². The fourth-order valence-corrected chi connectivity index (χ4v) is 6.31. The predicted octanol–water partition coefficient (Wildman–Crippen LogP) is 2.66. The molecule has 1 aromatic carbocycles. The average Bonchev–Trinajstić information content (AvgIpc) is 2.61. The molecule has 0 bridgehead atoms. The second-order valence-electron chi connectivity index (χ2n) is 2.87. The van der Waals surface area contributed by atoms with Crippen LogP contribution in [0.2, 0.25) is 5.02 Å². The van der Waals surface area contributed by atoms with Gasteiger partial charge < -0.3 is 0 Å². The molecule has 1 aromatic heterocycles. The maximum atomic E-state index is 12.1. The van der Waals surface area contributed by atoms with Gasteiger partial charge in [-0.05, 0) is 22.5 Å². The van der Waals surface area contributed by atoms with E-state index in [1.165, 1.54) is 12.1 Å². The van der Waals surface area contributed by atoms with Crippen molar-refractivity contribution in [1.29, 1.82) is 0 Å². The Labute approximate surface area is 104 Å². The van der Waals surface area contributed by atoms with Crippen LogP contribution in [0.25, 0.3) is 0 Å². The highest BCUT2D eigenvalue weighted by Crippen LogP contribution is 2.31. The lowest BCUT2D eigenvalue weighted by atomic mass is 10.4. The Morgan fingerprint density at radius 3 is 2.19 bits per heavy atom. The molecule has 0 saturated carbocycles. The fraction of sp³-hybridized carbons (Fsp3) is 0. The molecule has 1 heterocycles. The molecule has 84 valence electrons. The summed E-state index contributed by atoms with van der Waals surface area (Å²) in [5, 5.41) is -0.209. The molecule has 2 rings (SSSR count). The summed E-state index contributed by atoms with van der Waals surface area (Å²) in [5.41, 5.74) is 0. The Morgan fingerprint density at radius 2 is 1.69 bits per heavy atom. The Bertz CT molecular complexity index is 655. The zero-order valence-corrected chi connectivity index (χ0v) is 10.9. The van der Waals surface area contributed by atoms with Gasteiger partial charge in [0.25, 0.3) is 4.74 Å². The van der Waals surface area contributed by atoms with E-state index in [4.69, 9.17) is 11.6 Å². The summed E-state index contributed by atoms with van der Waals surface area (Å²) < 4.78 is 23.6. The largest absolute Gasteiger partial charge is 0.275 e. The smallest absolute Gasteiger partial charge is 0.262 e. The number of rotatable bonds is 2. The normalized spacial score (nSPS) is 11.6. The lowest BCUT2D eigenvalue weighted by Gasteiger charge is -2.00. The van der Waals surface area contributed by atoms with Crippen LogP contribution in [0.5, 0.6) is 0 Å². The van der Waals surface area contributed by atoms with Crippen molar-refractivity contribution >= 4 is 42.1 Å². The summed E-state index contributed by atoms with van der Waals surface area (Å²) in [6, 6.07) is 7.91. The Kier molecular flexibility index (Phi) is 3.16. The van der Waals surface area contributed by atoms with E-state index in [0.717, 1.165) is 20.7 Å². The van der Waals surface area contributed by atoms with Gasteiger partial charge in [-0.15, -0.1) is 0 Å². The van der Waals surface area contributed by atoms with E-state index in [2.05, 4.69) is 0 Å². The van der Waals surface area contributed by atoms with E-state index < -0.39 is 14.6 Å². The lowest BCUT2D eigenvalue weighted by Crippen LogP contribution is -2.02. The van der Waals surface area contributed by atoms with Crippen molar-refractivity contribution in [2.75, 3.05) is 0 Å². The SMILES string of the molecule is O=c1ssc(S(=O)(=O)c2ccccc2)c1Cl. The van der Waals surface area contributed by atoms with Crippen LogP contribution >= 0.6 is 32.3 Å². The second kappa shape index (κ2) is 4.29. The minimum atomic E-state index is -3.65. The summed E-state index contributed by atoms with van der Waals surface area (Å²) in [6.07, 6.45) is 0. The standard InChI is InChI=1S/C9H5ClO3S3/c10-7-8(11)14-15-9(7)16(12,13)6-4-2-1-3-5-6/h1-5H. The number of halogens is 1. The molecule has 0 amide bonds. The van der Waals surface area contributed by atoms with Gasteiger partial charge in [0.15, 0.2) is 4.21 Å². The zero-order valence-electron chi connectivity index (χ0n) is 7.71. The first-order valence-electron chi connectivity index (χ1n) is 4.12. The number of hydrogen-bond donors (Lipinski definition) is 0. The first kappa shape index (κ1) is 11.8. The molecular weight excluding hydrogens is 288 g/mol. The van der Waals surface area contributed by atoms with E-state index in [9.17, 15) is 13.2 Å². The summed E-state index contributed by atoms with van der Waals surface area (Å²) in [7, 11) is -1.94. The molecule has 3 nitrogen and oxygen atoms in total. The first-order chi connectivity index (χ1) is 7.53. The molecule has 16 heavy (non-hydrogen) atoms. The van der Waals surface area contributed by atoms with Crippen LogP contribution in [0, 0.1) is 0 Å². The number of hydrogen-bond acceptors (Lipinski definition) is 5. The van der Waals surface area contributed by atoms with Crippen molar-refractivity contribution < 1.29 is 8.42 Å². The highest BCUT2D eigenvalue weighted by Gasteiger charge is 2.24. The lowest BCUT2D eigenvalue weighted by molar-refractivity contribution is 0.598. The topological polar surface area (TPSA) is 51.2 Å². The summed E-state index contributed by atoms with van der Waals surface area (Å²) in [6.45, 7) is 0. The molecule has 0 spiro atoms. The molecule has 0 radical (unpaired) electrons. The maximum Gasteiger partial charge on any atom is 0.262 e. The summed E-state index contributed by atoms with van der Waals surface area (Å²) in [4.78, 5) is 11.3. The molecule has 0 N–H and O–H groups in total. The molecular formula is C9H5ClO3S3. The minimum absolute atomic E-state index is 0.0737. The Hall–Kier alpha value is -0.690. The van der Waals surface area contributed by atoms with Crippen LogP contribution in [0.1, 0.15) is 0 Å². The maximum absolute atomic E-state index is 12.1. The third kappa shape index (κ3) is 1.93. The Morgan fingerprint density at radius 1 is 1.06 bits per heavy atom. The van der Waals surface area contributed by atoms with Crippen molar-refractivity contribution in [2.45, 2.75) is 9.10 Å². The van der Waals surface area contributed by atoms with Gasteiger partial charge in [-0.2, -0.15) is 0 Å². The molecule has 0 aliphatic rings. The zero-order chi connectivity index (χ0) is 11.8. The third-order valence-electron chi connectivity index (χ3n) is 1.85. The average molecular weight is 293 g/mol. The van der Waals surface area contributed by atoms with Gasteiger partial charge in [-0.3, -0.25) is 4.79 Å². The highest BCUT2D eigenvalue weighted by atomic mass is 35.5. The van der Waals surface area contributed by atoms with Gasteiger partial charge in [0.2, 0.25) is 9.84 Å². The predicted molar refractivity (Wildman–Crippen MR) is 65.4 cm³/mol. The van der Waals surface area contributed by atoms with Gasteiger partial charge in [0.1, 0.15) is 5.02 Å². The molecule has 0 atom stereocenters. The van der Waals surface area contributed by atoms with Crippen LogP contribution in [0.4, 0.5) is 0 Å². The van der Waals surface area contributed by atoms with E-state index in [0.29, 0.717) is 0 Å². The van der Waals surface area contributed by atoms with Crippen LogP contribution in [-0.4, -0.2) is 8.42 Å². The van der Waals surface area contributed by atoms with Crippen molar-refractivity contribution in [2.24, 2.45) is 0 Å². The fourth-order valence-electron chi connectivity index (χ4n) is 1.10. The Balaban J connectivity index is 2.66. The van der Waals surface area contributed by atoms with E-state index in [-0.39, 0.29) is 14.1 Å². The van der Waals surface area contributed by atoms with Crippen molar-refractivity contribution in [1.82, 2.24) is 0 Å². The van der Waals surface area contributed by atoms with E-state index >= 15 is 0 Å². The second-order valence-corrected chi connectivity index (χ2v) is 7.51. The van der Waals surface area contributed by atoms with Crippen LogP contribution in [0.3, 0.4) is 0 Å². The monoisotopic (exact) mass is 292 g/mol. The number of benzene rings is 1. The molecule has 2 aromatic rings. The quantitative estimate of drug-likeness (QED) is 0.800. The van der Waals surface area contributed by atoms with Gasteiger partial charge in [0.05, 0.1) is 4.90 Å². The highest BCUT2D eigenvalue weighted by molar-refractivity contribution is 7.95. The van der Waals surface area contributed by atoms with Crippen LogP contribution in [-0.2, 0) is 9.84 Å². The molecule has 0 unspecified atom stereocenters. The van der Waals surface area contributed by atoms with E-state index in [1.54, 1.807) is 18.2 Å². The molecule has 0 aliphatic heterocycles. The van der Waals surface area contributed by atoms with E-state index in [1.807, 2.05) is 0 Å². The first-order valence-corrected chi connectivity index (χ1v) is 8.13. The van der Waals surface area contributed by atoms with Crippen LogP contribution in [0.15, 0.2) is 44.2 Å². The van der Waals surface area contributed by atoms with Crippen molar-refractivity contribution in [3.8, 4) is 0 Å². The summed E-state index contributed by atoms with van der Waals surface area (Å²) >= 11 is 5.67. The van der Waals surface area contributed by atoms with Gasteiger partial charge in [-0.1, -0.05) is 40.1 Å². The summed E-state index contributed by atoms with van der Waals surface area (Å²) in [5.74, 6) is 0. The van der Waals surface area contributed by atoms with Gasteiger partial charge >= 0.3 is 0 Å². The molecule has 0 aliphatic carbocycles. The third-order valence-corrected chi connectivity index (χ3v) is 7.35. The number of sulfone groups is 1. The molecule has 0 fully saturated rings.